The first-order chi connectivity index (χ1) is 8.19. The van der Waals surface area contributed by atoms with Crippen molar-refractivity contribution in [3.8, 4) is 0 Å². The molecule has 0 radical (unpaired) electrons. The maximum Gasteiger partial charge on any atom is 0.224 e. The minimum atomic E-state index is 0.0935. The van der Waals surface area contributed by atoms with Gasteiger partial charge in [0, 0.05) is 25.6 Å². The van der Waals surface area contributed by atoms with Gasteiger partial charge in [0.2, 0.25) is 5.91 Å². The number of nitrogens with two attached hydrogens (primary N) is 1. The number of piperidine rings is 1. The Balaban J connectivity index is 2.29. The van der Waals surface area contributed by atoms with Crippen molar-refractivity contribution in [2.45, 2.75) is 26.2 Å². The molecule has 98 valence electrons. The van der Waals surface area contributed by atoms with E-state index in [9.17, 15) is 4.79 Å². The van der Waals surface area contributed by atoms with Crippen LogP contribution in [0.2, 0.25) is 0 Å². The number of rotatable bonds is 5. The van der Waals surface area contributed by atoms with Crippen LogP contribution in [0.25, 0.3) is 0 Å². The summed E-state index contributed by atoms with van der Waals surface area (Å²) in [6, 6.07) is 0. The third-order valence-electron chi connectivity index (χ3n) is 3.05. The number of ether oxygens (including phenoxy) is 1. The van der Waals surface area contributed by atoms with E-state index in [-0.39, 0.29) is 17.7 Å². The fraction of sp³-hybridized carbons (Fsp3) is 0.818. The van der Waals surface area contributed by atoms with Crippen LogP contribution in [0.1, 0.15) is 26.2 Å². The molecule has 0 saturated carbocycles. The van der Waals surface area contributed by atoms with Crippen molar-refractivity contribution in [3.63, 3.8) is 0 Å². The van der Waals surface area contributed by atoms with Crippen molar-refractivity contribution in [1.29, 1.82) is 0 Å². The van der Waals surface area contributed by atoms with E-state index in [2.05, 4.69) is 5.16 Å². The molecule has 1 saturated heterocycles. The molecule has 6 nitrogen and oxygen atoms in total. The minimum absolute atomic E-state index is 0.0935. The topological polar surface area (TPSA) is 88.2 Å². The lowest BCUT2D eigenvalue weighted by atomic mass is 9.96. The molecular weight excluding hydrogens is 222 g/mol. The highest BCUT2D eigenvalue weighted by molar-refractivity contribution is 5.83. The van der Waals surface area contributed by atoms with Crippen molar-refractivity contribution >= 4 is 11.7 Å². The van der Waals surface area contributed by atoms with Gasteiger partial charge in [-0.2, -0.15) is 0 Å². The van der Waals surface area contributed by atoms with Gasteiger partial charge in [-0.3, -0.25) is 4.79 Å². The minimum Gasteiger partial charge on any atom is -0.409 e. The van der Waals surface area contributed by atoms with Crippen LogP contribution in [-0.4, -0.2) is 48.2 Å². The van der Waals surface area contributed by atoms with Gasteiger partial charge in [-0.15, -0.1) is 0 Å². The average Bonchev–Trinajstić information content (AvgIpc) is 2.38. The second-order valence-corrected chi connectivity index (χ2v) is 4.13. The van der Waals surface area contributed by atoms with Crippen LogP contribution >= 0.6 is 0 Å². The Morgan fingerprint density at radius 2 is 2.18 bits per heavy atom. The number of carbonyl (C=O) groups is 1. The normalized spacial score (nSPS) is 18.4. The average molecular weight is 243 g/mol. The molecular formula is C11H21N3O3. The molecule has 0 aromatic heterocycles. The van der Waals surface area contributed by atoms with E-state index in [1.54, 1.807) is 0 Å². The zero-order chi connectivity index (χ0) is 12.7. The summed E-state index contributed by atoms with van der Waals surface area (Å²) in [4.78, 5) is 13.6. The monoisotopic (exact) mass is 243 g/mol. The van der Waals surface area contributed by atoms with Gasteiger partial charge in [0.25, 0.3) is 0 Å². The fourth-order valence-electron chi connectivity index (χ4n) is 1.97. The van der Waals surface area contributed by atoms with E-state index in [0.717, 1.165) is 12.8 Å². The Bertz CT molecular complexity index is 273. The number of amides is 1. The molecule has 0 aliphatic carbocycles. The fourth-order valence-corrected chi connectivity index (χ4v) is 1.97. The van der Waals surface area contributed by atoms with E-state index in [4.69, 9.17) is 15.7 Å². The zero-order valence-corrected chi connectivity index (χ0v) is 10.3. The summed E-state index contributed by atoms with van der Waals surface area (Å²) in [5.41, 5.74) is 5.54. The molecule has 17 heavy (non-hydrogen) atoms. The number of carbonyl (C=O) groups excluding carboxylic acids is 1. The highest BCUT2D eigenvalue weighted by Gasteiger charge is 2.24. The first-order valence-corrected chi connectivity index (χ1v) is 6.02. The van der Waals surface area contributed by atoms with Crippen LogP contribution in [0.3, 0.4) is 0 Å². The van der Waals surface area contributed by atoms with Gasteiger partial charge in [-0.25, -0.2) is 0 Å². The smallest absolute Gasteiger partial charge is 0.224 e. The Morgan fingerprint density at radius 1 is 1.53 bits per heavy atom. The second-order valence-electron chi connectivity index (χ2n) is 4.13. The van der Waals surface area contributed by atoms with Crippen LogP contribution < -0.4 is 5.73 Å². The van der Waals surface area contributed by atoms with E-state index in [0.29, 0.717) is 32.7 Å². The first kappa shape index (κ1) is 13.8. The summed E-state index contributed by atoms with van der Waals surface area (Å²) in [6.07, 6.45) is 1.95. The first-order valence-electron chi connectivity index (χ1n) is 6.02. The predicted octanol–water partition coefficient (Wildman–Crippen LogP) is 0.398. The summed E-state index contributed by atoms with van der Waals surface area (Å²) in [5.74, 6) is 0.485. The van der Waals surface area contributed by atoms with Crippen molar-refractivity contribution in [2.24, 2.45) is 16.8 Å². The molecule has 0 aromatic carbocycles. The summed E-state index contributed by atoms with van der Waals surface area (Å²) >= 11 is 0. The molecule has 1 heterocycles. The van der Waals surface area contributed by atoms with Gasteiger partial charge in [0.05, 0.1) is 13.0 Å². The van der Waals surface area contributed by atoms with Crippen molar-refractivity contribution in [1.82, 2.24) is 4.90 Å². The van der Waals surface area contributed by atoms with Gasteiger partial charge in [-0.05, 0) is 19.8 Å². The Labute approximate surface area is 101 Å². The van der Waals surface area contributed by atoms with Crippen molar-refractivity contribution < 1.29 is 14.7 Å². The van der Waals surface area contributed by atoms with Crippen LogP contribution in [0.5, 0.6) is 0 Å². The van der Waals surface area contributed by atoms with Crippen molar-refractivity contribution in [2.75, 3.05) is 26.3 Å². The van der Waals surface area contributed by atoms with E-state index >= 15 is 0 Å². The molecule has 1 aliphatic rings. The molecule has 1 fully saturated rings. The molecule has 0 atom stereocenters. The lowest BCUT2D eigenvalue weighted by molar-refractivity contribution is -0.133. The quantitative estimate of drug-likeness (QED) is 0.240. The largest absolute Gasteiger partial charge is 0.409 e. The molecule has 6 heteroatoms. The highest BCUT2D eigenvalue weighted by atomic mass is 16.5. The van der Waals surface area contributed by atoms with Crippen LogP contribution in [0.15, 0.2) is 5.16 Å². The zero-order valence-electron chi connectivity index (χ0n) is 10.3. The lowest BCUT2D eigenvalue weighted by Gasteiger charge is -2.31. The van der Waals surface area contributed by atoms with E-state index in [1.165, 1.54) is 0 Å². The van der Waals surface area contributed by atoms with Gasteiger partial charge in [-0.1, -0.05) is 5.16 Å². The lowest BCUT2D eigenvalue weighted by Crippen LogP contribution is -2.42. The maximum atomic E-state index is 11.8. The van der Waals surface area contributed by atoms with Crippen LogP contribution in [-0.2, 0) is 9.53 Å². The maximum absolute atomic E-state index is 11.8. The van der Waals surface area contributed by atoms with Gasteiger partial charge in [0.15, 0.2) is 0 Å². The molecule has 1 aliphatic heterocycles. The van der Waals surface area contributed by atoms with Gasteiger partial charge in [0.1, 0.15) is 5.84 Å². The van der Waals surface area contributed by atoms with E-state index < -0.39 is 0 Å². The van der Waals surface area contributed by atoms with Crippen LogP contribution in [0.4, 0.5) is 0 Å². The standard InChI is InChI=1S/C11H21N3O3/c1-2-17-8-5-10(15)14-6-3-9(4-7-14)11(12)13-16/h9,16H,2-8H2,1H3,(H2,12,13). The summed E-state index contributed by atoms with van der Waals surface area (Å²) in [7, 11) is 0. The number of likely N-dealkylation sites (tertiary alicyclic amines) is 1. The molecule has 0 spiro atoms. The summed E-state index contributed by atoms with van der Waals surface area (Å²) in [5, 5.41) is 11.6. The third kappa shape index (κ3) is 4.22. The molecule has 3 N–H and O–H groups in total. The Hall–Kier alpha value is -1.30. The van der Waals surface area contributed by atoms with Crippen molar-refractivity contribution in [3.05, 3.63) is 0 Å². The van der Waals surface area contributed by atoms with Crippen LogP contribution in [0, 0.1) is 5.92 Å². The highest BCUT2D eigenvalue weighted by Crippen LogP contribution is 2.17. The molecule has 1 rings (SSSR count). The number of oxime groups is 1. The number of hydrogen-bond donors (Lipinski definition) is 2. The SMILES string of the molecule is CCOCCC(=O)N1CCC(C(N)=NO)CC1. The second kappa shape index (κ2) is 7.11. The number of nitrogens with zero attached hydrogens (tertiary/aromatic N) is 2. The molecule has 0 aromatic rings. The Kier molecular flexibility index (Phi) is 5.76. The van der Waals surface area contributed by atoms with Gasteiger partial charge < -0.3 is 20.6 Å². The molecule has 0 unspecified atom stereocenters. The number of amidine groups is 1. The molecule has 0 bridgehead atoms. The van der Waals surface area contributed by atoms with Gasteiger partial charge >= 0.3 is 0 Å². The summed E-state index contributed by atoms with van der Waals surface area (Å²) in [6.45, 7) is 4.37. The number of hydrogen-bond acceptors (Lipinski definition) is 4. The summed E-state index contributed by atoms with van der Waals surface area (Å²) < 4.78 is 5.15. The Morgan fingerprint density at radius 3 is 2.71 bits per heavy atom. The third-order valence-corrected chi connectivity index (χ3v) is 3.05. The van der Waals surface area contributed by atoms with E-state index in [1.807, 2.05) is 11.8 Å². The predicted molar refractivity (Wildman–Crippen MR) is 63.8 cm³/mol. The molecule has 1 amide bonds.